The molecule has 2 aromatic carbocycles. The predicted octanol–water partition coefficient (Wildman–Crippen LogP) is 3.60. The van der Waals surface area contributed by atoms with E-state index in [1.807, 2.05) is 18.2 Å². The molecule has 1 aliphatic rings. The van der Waals surface area contributed by atoms with Gasteiger partial charge in [0.2, 0.25) is 11.8 Å². The van der Waals surface area contributed by atoms with Gasteiger partial charge < -0.3 is 15.4 Å². The number of amidine groups is 1. The molecule has 26 heavy (non-hydrogen) atoms. The molecule has 0 aliphatic carbocycles. The van der Waals surface area contributed by atoms with E-state index in [1.54, 1.807) is 30.3 Å². The molecule has 3 rings (SSSR count). The minimum absolute atomic E-state index is 0.0784. The number of halogens is 1. The number of methoxy groups -OCH3 is 1. The summed E-state index contributed by atoms with van der Waals surface area (Å²) in [5, 5.41) is 5.74. The van der Waals surface area contributed by atoms with Crippen LogP contribution in [0.1, 0.15) is 6.42 Å². The number of aliphatic imine (C=N–C) groups is 1. The summed E-state index contributed by atoms with van der Waals surface area (Å²) in [6.07, 6.45) is 0.0784. The first kappa shape index (κ1) is 18.3. The zero-order chi connectivity index (χ0) is 18.5. The second-order valence-corrected chi connectivity index (χ2v) is 7.08. The number of benzene rings is 2. The van der Waals surface area contributed by atoms with Gasteiger partial charge in [0.15, 0.2) is 5.17 Å². The third kappa shape index (κ3) is 4.56. The van der Waals surface area contributed by atoms with E-state index in [0.29, 0.717) is 27.3 Å². The van der Waals surface area contributed by atoms with Crippen molar-refractivity contribution in [3.05, 3.63) is 53.6 Å². The van der Waals surface area contributed by atoms with Crippen molar-refractivity contribution in [2.45, 2.75) is 11.7 Å². The largest absolute Gasteiger partial charge is 0.494 e. The van der Waals surface area contributed by atoms with Crippen LogP contribution in [-0.2, 0) is 9.59 Å². The highest BCUT2D eigenvalue weighted by Crippen LogP contribution is 2.32. The fourth-order valence-electron chi connectivity index (χ4n) is 2.35. The molecule has 1 atom stereocenters. The number of amides is 2. The summed E-state index contributed by atoms with van der Waals surface area (Å²) in [4.78, 5) is 28.9. The van der Waals surface area contributed by atoms with Gasteiger partial charge in [0.25, 0.3) is 0 Å². The summed E-state index contributed by atoms with van der Waals surface area (Å²) >= 11 is 7.20. The fraction of sp³-hybridized carbons (Fsp3) is 0.167. The normalized spacial score (nSPS) is 18.3. The number of anilines is 1. The summed E-state index contributed by atoms with van der Waals surface area (Å²) in [6.45, 7) is 0. The van der Waals surface area contributed by atoms with Crippen molar-refractivity contribution in [3.63, 3.8) is 0 Å². The molecule has 1 aliphatic heterocycles. The van der Waals surface area contributed by atoms with Crippen LogP contribution in [0.15, 0.2) is 53.5 Å². The Balaban J connectivity index is 1.79. The average molecular weight is 390 g/mol. The molecule has 0 saturated carbocycles. The van der Waals surface area contributed by atoms with Gasteiger partial charge in [0, 0.05) is 17.1 Å². The van der Waals surface area contributed by atoms with Gasteiger partial charge in [-0.05, 0) is 30.3 Å². The Labute approximate surface area is 160 Å². The zero-order valence-electron chi connectivity index (χ0n) is 13.9. The van der Waals surface area contributed by atoms with Crippen LogP contribution in [0.3, 0.4) is 0 Å². The number of carbonyl (C=O) groups excluding carboxylic acids is 2. The Morgan fingerprint density at radius 3 is 2.81 bits per heavy atom. The van der Waals surface area contributed by atoms with Gasteiger partial charge in [0.05, 0.1) is 7.11 Å². The van der Waals surface area contributed by atoms with E-state index in [-0.39, 0.29) is 18.2 Å². The van der Waals surface area contributed by atoms with Crippen LogP contribution in [0, 0.1) is 0 Å². The summed E-state index contributed by atoms with van der Waals surface area (Å²) in [7, 11) is 1.52. The Kier molecular flexibility index (Phi) is 5.80. The molecule has 2 amide bonds. The van der Waals surface area contributed by atoms with Crippen molar-refractivity contribution in [3.8, 4) is 5.75 Å². The molecule has 2 N–H and O–H groups in total. The lowest BCUT2D eigenvalue weighted by Crippen LogP contribution is -2.41. The molecule has 0 spiro atoms. The quantitative estimate of drug-likeness (QED) is 0.837. The topological polar surface area (TPSA) is 79.8 Å². The van der Waals surface area contributed by atoms with Crippen LogP contribution in [0.5, 0.6) is 5.75 Å². The number of nitrogens with zero attached hydrogens (tertiary/aromatic N) is 1. The molecule has 1 heterocycles. The maximum Gasteiger partial charge on any atom is 0.238 e. The lowest BCUT2D eigenvalue weighted by Gasteiger charge is -2.22. The molecular formula is C18H16ClN3O3S. The number of carbonyl (C=O) groups is 2. The summed E-state index contributed by atoms with van der Waals surface area (Å²) in [5.74, 6) is 0.00567. The molecule has 1 unspecified atom stereocenters. The van der Waals surface area contributed by atoms with E-state index >= 15 is 0 Å². The van der Waals surface area contributed by atoms with Gasteiger partial charge in [-0.3, -0.25) is 9.59 Å². The minimum atomic E-state index is -0.576. The van der Waals surface area contributed by atoms with Crippen molar-refractivity contribution >= 4 is 51.7 Å². The van der Waals surface area contributed by atoms with Crippen molar-refractivity contribution in [2.75, 3.05) is 12.4 Å². The van der Waals surface area contributed by atoms with Gasteiger partial charge in [-0.15, -0.1) is 0 Å². The maximum atomic E-state index is 12.5. The second-order valence-electron chi connectivity index (χ2n) is 5.45. The van der Waals surface area contributed by atoms with Crippen LogP contribution >= 0.6 is 23.4 Å². The molecule has 134 valence electrons. The highest BCUT2D eigenvalue weighted by molar-refractivity contribution is 8.15. The van der Waals surface area contributed by atoms with Crippen LogP contribution in [0.4, 0.5) is 11.4 Å². The molecular weight excluding hydrogens is 374 g/mol. The Morgan fingerprint density at radius 1 is 1.31 bits per heavy atom. The van der Waals surface area contributed by atoms with E-state index in [4.69, 9.17) is 16.3 Å². The molecule has 0 radical (unpaired) electrons. The van der Waals surface area contributed by atoms with Crippen LogP contribution < -0.4 is 15.4 Å². The minimum Gasteiger partial charge on any atom is -0.494 e. The van der Waals surface area contributed by atoms with E-state index in [9.17, 15) is 9.59 Å². The first-order valence-corrected chi connectivity index (χ1v) is 9.05. The number of hydrogen-bond acceptors (Lipinski definition) is 5. The van der Waals surface area contributed by atoms with E-state index in [0.717, 1.165) is 0 Å². The van der Waals surface area contributed by atoms with Crippen LogP contribution in [-0.4, -0.2) is 29.3 Å². The lowest BCUT2D eigenvalue weighted by atomic mass is 10.2. The zero-order valence-corrected chi connectivity index (χ0v) is 15.4. The van der Waals surface area contributed by atoms with Gasteiger partial charge >= 0.3 is 0 Å². The highest BCUT2D eigenvalue weighted by atomic mass is 35.5. The molecule has 6 nitrogen and oxygen atoms in total. The fourth-order valence-corrected chi connectivity index (χ4v) is 3.51. The summed E-state index contributed by atoms with van der Waals surface area (Å²) in [5.41, 5.74) is 1.16. The van der Waals surface area contributed by atoms with E-state index < -0.39 is 5.25 Å². The molecule has 0 bridgehead atoms. The Morgan fingerprint density at radius 2 is 2.08 bits per heavy atom. The van der Waals surface area contributed by atoms with E-state index in [2.05, 4.69) is 15.6 Å². The van der Waals surface area contributed by atoms with Gasteiger partial charge in [-0.25, -0.2) is 4.99 Å². The third-order valence-electron chi connectivity index (χ3n) is 3.57. The Bertz CT molecular complexity index is 858. The lowest BCUT2D eigenvalue weighted by molar-refractivity contribution is -0.123. The smallest absolute Gasteiger partial charge is 0.238 e. The van der Waals surface area contributed by atoms with Gasteiger partial charge in [-0.1, -0.05) is 41.6 Å². The molecule has 2 aromatic rings. The number of thioether (sulfide) groups is 1. The monoisotopic (exact) mass is 389 g/mol. The van der Waals surface area contributed by atoms with Crippen molar-refractivity contribution in [1.82, 2.24) is 5.32 Å². The first-order chi connectivity index (χ1) is 12.5. The van der Waals surface area contributed by atoms with E-state index in [1.165, 1.54) is 18.9 Å². The predicted molar refractivity (Wildman–Crippen MR) is 104 cm³/mol. The number of nitrogens with one attached hydrogen (secondary N) is 2. The number of para-hydroxylation sites is 1. The highest BCUT2D eigenvalue weighted by Gasteiger charge is 2.30. The van der Waals surface area contributed by atoms with Crippen LogP contribution in [0.2, 0.25) is 5.02 Å². The number of rotatable bonds is 4. The van der Waals surface area contributed by atoms with Crippen molar-refractivity contribution in [1.29, 1.82) is 0 Å². The molecule has 0 aromatic heterocycles. The standard InChI is InChI=1S/C18H16ClN3O3S/c1-25-14-8-7-11(19)9-13(14)21-18-22-16(23)10-15(26-18)17(24)20-12-5-3-2-4-6-12/h2-9,15H,10H2,1H3,(H,20,24)(H,21,22,23). The molecule has 1 fully saturated rings. The molecule has 8 heteroatoms. The van der Waals surface area contributed by atoms with Crippen molar-refractivity contribution < 1.29 is 14.3 Å². The Hall–Kier alpha value is -2.51. The maximum absolute atomic E-state index is 12.5. The van der Waals surface area contributed by atoms with Crippen molar-refractivity contribution in [2.24, 2.45) is 4.99 Å². The third-order valence-corrected chi connectivity index (χ3v) is 4.88. The van der Waals surface area contributed by atoms with Crippen LogP contribution in [0.25, 0.3) is 0 Å². The SMILES string of the molecule is COc1ccc(Cl)cc1N=C1NC(=O)CC(C(=O)Nc2ccccc2)S1. The van der Waals surface area contributed by atoms with Gasteiger partial charge in [0.1, 0.15) is 16.7 Å². The number of ether oxygens (including phenoxy) is 1. The summed E-state index contributed by atoms with van der Waals surface area (Å²) < 4.78 is 5.26. The number of hydrogen-bond donors (Lipinski definition) is 2. The molecule has 1 saturated heterocycles. The first-order valence-electron chi connectivity index (χ1n) is 7.80. The van der Waals surface area contributed by atoms with Gasteiger partial charge in [-0.2, -0.15) is 0 Å². The average Bonchev–Trinajstić information content (AvgIpc) is 2.62. The second kappa shape index (κ2) is 8.25. The summed E-state index contributed by atoms with van der Waals surface area (Å²) in [6, 6.07) is 14.1.